The van der Waals surface area contributed by atoms with E-state index < -0.39 is 0 Å². The third-order valence-electron chi connectivity index (χ3n) is 3.19. The van der Waals surface area contributed by atoms with Crippen molar-refractivity contribution in [3.05, 3.63) is 0 Å². The molecule has 2 saturated carbocycles. The van der Waals surface area contributed by atoms with Gasteiger partial charge in [-0.1, -0.05) is 0 Å². The standard InChI is InChI=1S/C8H8O3/c9-7-3-1-4-6(7)5(2-3)11-8(4)10/h3-6H,1-2H2/t3-,4-,5-,6-/m1/s1. The minimum Gasteiger partial charge on any atom is -0.461 e. The van der Waals surface area contributed by atoms with Gasteiger partial charge in [-0.05, 0) is 12.8 Å². The lowest BCUT2D eigenvalue weighted by atomic mass is 9.90. The van der Waals surface area contributed by atoms with Gasteiger partial charge in [0.15, 0.2) is 0 Å². The van der Waals surface area contributed by atoms with Crippen LogP contribution in [0.3, 0.4) is 0 Å². The average molecular weight is 152 g/mol. The summed E-state index contributed by atoms with van der Waals surface area (Å²) in [7, 11) is 0. The predicted molar refractivity (Wildman–Crippen MR) is 34.6 cm³/mol. The summed E-state index contributed by atoms with van der Waals surface area (Å²) in [6.45, 7) is 0. The molecule has 3 nitrogen and oxygen atoms in total. The van der Waals surface area contributed by atoms with Gasteiger partial charge >= 0.3 is 5.97 Å². The van der Waals surface area contributed by atoms with Crippen LogP contribution in [-0.2, 0) is 14.3 Å². The Labute approximate surface area is 63.7 Å². The van der Waals surface area contributed by atoms with Crippen molar-refractivity contribution in [2.24, 2.45) is 17.8 Å². The minimum atomic E-state index is -0.131. The molecule has 11 heavy (non-hydrogen) atoms. The smallest absolute Gasteiger partial charge is 0.310 e. The largest absolute Gasteiger partial charge is 0.461 e. The van der Waals surface area contributed by atoms with E-state index in [9.17, 15) is 9.59 Å². The van der Waals surface area contributed by atoms with Gasteiger partial charge < -0.3 is 4.74 Å². The number of Topliss-reactive ketones (excluding diaryl/α,β-unsaturated/α-hetero) is 1. The Hall–Kier alpha value is -0.860. The van der Waals surface area contributed by atoms with Gasteiger partial charge in [0, 0.05) is 5.92 Å². The van der Waals surface area contributed by atoms with E-state index in [-0.39, 0.29) is 35.6 Å². The van der Waals surface area contributed by atoms with Crippen LogP contribution in [0.5, 0.6) is 0 Å². The molecule has 1 saturated heterocycles. The van der Waals surface area contributed by atoms with Crippen LogP contribution in [0.15, 0.2) is 0 Å². The Morgan fingerprint density at radius 3 is 2.64 bits per heavy atom. The summed E-state index contributed by atoms with van der Waals surface area (Å²) < 4.78 is 5.05. The topological polar surface area (TPSA) is 43.4 Å². The van der Waals surface area contributed by atoms with Crippen LogP contribution in [0.1, 0.15) is 12.8 Å². The van der Waals surface area contributed by atoms with E-state index in [1.165, 1.54) is 0 Å². The fraction of sp³-hybridized carbons (Fsp3) is 0.750. The Bertz CT molecular complexity index is 258. The number of ketones is 1. The van der Waals surface area contributed by atoms with Gasteiger partial charge in [-0.2, -0.15) is 0 Å². The van der Waals surface area contributed by atoms with Crippen molar-refractivity contribution in [3.8, 4) is 0 Å². The van der Waals surface area contributed by atoms with Crippen molar-refractivity contribution < 1.29 is 14.3 Å². The fourth-order valence-corrected chi connectivity index (χ4v) is 2.72. The summed E-state index contributed by atoms with van der Waals surface area (Å²) in [4.78, 5) is 22.4. The molecule has 2 aliphatic carbocycles. The van der Waals surface area contributed by atoms with E-state index >= 15 is 0 Å². The van der Waals surface area contributed by atoms with Crippen LogP contribution in [0.4, 0.5) is 0 Å². The number of carbonyl (C=O) groups is 2. The highest BCUT2D eigenvalue weighted by molar-refractivity contribution is 5.96. The number of ether oxygens (including phenoxy) is 1. The van der Waals surface area contributed by atoms with Crippen molar-refractivity contribution >= 4 is 11.8 Å². The number of esters is 1. The first-order valence-corrected chi connectivity index (χ1v) is 4.01. The lowest BCUT2D eigenvalue weighted by Crippen LogP contribution is -2.17. The first kappa shape index (κ1) is 5.75. The summed E-state index contributed by atoms with van der Waals surface area (Å²) in [5.41, 5.74) is 0. The lowest BCUT2D eigenvalue weighted by Gasteiger charge is -2.09. The zero-order valence-electron chi connectivity index (χ0n) is 5.95. The van der Waals surface area contributed by atoms with Gasteiger partial charge in [-0.15, -0.1) is 0 Å². The maximum Gasteiger partial charge on any atom is 0.310 e. The molecule has 3 heteroatoms. The first-order chi connectivity index (χ1) is 5.27. The molecule has 0 aromatic carbocycles. The van der Waals surface area contributed by atoms with Crippen LogP contribution >= 0.6 is 0 Å². The quantitative estimate of drug-likeness (QED) is 0.463. The number of carbonyl (C=O) groups excluding carboxylic acids is 2. The molecule has 1 heterocycles. The van der Waals surface area contributed by atoms with Crippen molar-refractivity contribution in [2.75, 3.05) is 0 Å². The SMILES string of the molecule is O=C1[C@H]2C[C@H]3OC(=O)[C@H](C2)[C@@H]13. The predicted octanol–water partition coefficient (Wildman–Crippen LogP) is 0.137. The summed E-state index contributed by atoms with van der Waals surface area (Å²) in [5, 5.41) is 0. The maximum absolute atomic E-state index is 11.3. The molecule has 0 N–H and O–H groups in total. The van der Waals surface area contributed by atoms with E-state index in [0.29, 0.717) is 0 Å². The number of hydrogen-bond acceptors (Lipinski definition) is 3. The molecule has 0 aromatic rings. The molecule has 0 radical (unpaired) electrons. The Morgan fingerprint density at radius 2 is 2.09 bits per heavy atom. The van der Waals surface area contributed by atoms with E-state index in [2.05, 4.69) is 0 Å². The van der Waals surface area contributed by atoms with Gasteiger partial charge in [-0.25, -0.2) is 0 Å². The fourth-order valence-electron chi connectivity index (χ4n) is 2.72. The zero-order chi connectivity index (χ0) is 7.59. The monoisotopic (exact) mass is 152 g/mol. The van der Waals surface area contributed by atoms with Crippen molar-refractivity contribution in [2.45, 2.75) is 18.9 Å². The highest BCUT2D eigenvalue weighted by Crippen LogP contribution is 2.51. The van der Waals surface area contributed by atoms with E-state index in [1.54, 1.807) is 0 Å². The molecule has 3 fully saturated rings. The van der Waals surface area contributed by atoms with Gasteiger partial charge in [0.1, 0.15) is 11.9 Å². The number of hydrogen-bond donors (Lipinski definition) is 0. The minimum absolute atomic E-state index is 0.0428. The third-order valence-corrected chi connectivity index (χ3v) is 3.19. The zero-order valence-corrected chi connectivity index (χ0v) is 5.95. The van der Waals surface area contributed by atoms with Crippen molar-refractivity contribution in [3.63, 3.8) is 0 Å². The van der Waals surface area contributed by atoms with Crippen LogP contribution in [0, 0.1) is 17.8 Å². The molecule has 0 spiro atoms. The Balaban J connectivity index is 2.11. The molecular formula is C8H8O3. The molecule has 0 unspecified atom stereocenters. The lowest BCUT2D eigenvalue weighted by molar-refractivity contribution is -0.143. The Kier molecular flexibility index (Phi) is 0.780. The number of fused-ring (bicyclic) bond motifs is 1. The van der Waals surface area contributed by atoms with Gasteiger partial charge in [0.2, 0.25) is 0 Å². The van der Waals surface area contributed by atoms with E-state index in [1.807, 2.05) is 0 Å². The third kappa shape index (κ3) is 0.481. The average Bonchev–Trinajstić information content (AvgIpc) is 2.47. The second kappa shape index (κ2) is 1.49. The highest BCUT2D eigenvalue weighted by atomic mass is 16.6. The second-order valence-corrected chi connectivity index (χ2v) is 3.68. The maximum atomic E-state index is 11.3. The van der Waals surface area contributed by atoms with Gasteiger partial charge in [0.05, 0.1) is 11.8 Å². The van der Waals surface area contributed by atoms with Gasteiger partial charge in [-0.3, -0.25) is 9.59 Å². The van der Waals surface area contributed by atoms with Crippen LogP contribution < -0.4 is 0 Å². The molecule has 2 bridgehead atoms. The second-order valence-electron chi connectivity index (χ2n) is 3.68. The molecule has 4 atom stereocenters. The molecule has 3 aliphatic rings. The van der Waals surface area contributed by atoms with Crippen molar-refractivity contribution in [1.82, 2.24) is 0 Å². The number of rotatable bonds is 0. The van der Waals surface area contributed by atoms with Crippen LogP contribution in [0.25, 0.3) is 0 Å². The van der Waals surface area contributed by atoms with Gasteiger partial charge in [0.25, 0.3) is 0 Å². The summed E-state index contributed by atoms with van der Waals surface area (Å²) >= 11 is 0. The molecule has 3 rings (SSSR count). The van der Waals surface area contributed by atoms with Crippen LogP contribution in [0.2, 0.25) is 0 Å². The highest BCUT2D eigenvalue weighted by Gasteiger charge is 2.61. The molecule has 58 valence electrons. The summed E-state index contributed by atoms with van der Waals surface area (Å²) in [6, 6.07) is 0. The first-order valence-electron chi connectivity index (χ1n) is 4.01. The molecule has 0 aromatic heterocycles. The summed E-state index contributed by atoms with van der Waals surface area (Å²) in [6.07, 6.45) is 1.52. The molecule has 0 amide bonds. The van der Waals surface area contributed by atoms with Crippen molar-refractivity contribution in [1.29, 1.82) is 0 Å². The Morgan fingerprint density at radius 1 is 1.27 bits per heavy atom. The molecule has 1 aliphatic heterocycles. The summed E-state index contributed by atoms with van der Waals surface area (Å²) in [5.74, 6) is 0.194. The molecular weight excluding hydrogens is 144 g/mol. The van der Waals surface area contributed by atoms with Crippen LogP contribution in [-0.4, -0.2) is 17.9 Å². The normalized spacial score (nSPS) is 52.0. The van der Waals surface area contributed by atoms with E-state index in [0.717, 1.165) is 12.8 Å². The van der Waals surface area contributed by atoms with E-state index in [4.69, 9.17) is 4.74 Å².